The minimum Gasteiger partial charge on any atom is -0.395 e. The Bertz CT molecular complexity index is 393. The Hall–Kier alpha value is -1.78. The number of halogens is 1. The average Bonchev–Trinajstić information content (AvgIpc) is 2.23. The van der Waals surface area contributed by atoms with Crippen molar-refractivity contribution in [3.8, 4) is 0 Å². The largest absolute Gasteiger partial charge is 0.395 e. The van der Waals surface area contributed by atoms with Gasteiger partial charge in [-0.05, 0) is 19.1 Å². The molecule has 0 saturated heterocycles. The molecule has 0 aliphatic heterocycles. The van der Waals surface area contributed by atoms with Crippen molar-refractivity contribution >= 4 is 17.3 Å². The van der Waals surface area contributed by atoms with Gasteiger partial charge in [-0.15, -0.1) is 0 Å². The van der Waals surface area contributed by atoms with E-state index in [9.17, 15) is 9.18 Å². The van der Waals surface area contributed by atoms with Crippen molar-refractivity contribution in [2.75, 3.05) is 25.1 Å². The van der Waals surface area contributed by atoms with Crippen LogP contribution in [0.2, 0.25) is 0 Å². The van der Waals surface area contributed by atoms with Crippen LogP contribution in [0.15, 0.2) is 18.2 Å². The summed E-state index contributed by atoms with van der Waals surface area (Å²) in [6.45, 7) is 1.70. The van der Waals surface area contributed by atoms with Crippen LogP contribution in [0.1, 0.15) is 6.92 Å². The molecule has 0 aliphatic rings. The normalized spacial score (nSPS) is 12.0. The van der Waals surface area contributed by atoms with Crippen molar-refractivity contribution in [2.45, 2.75) is 13.0 Å². The van der Waals surface area contributed by atoms with Gasteiger partial charge in [0.1, 0.15) is 11.9 Å². The van der Waals surface area contributed by atoms with Crippen LogP contribution >= 0.6 is 0 Å². The highest BCUT2D eigenvalue weighted by atomic mass is 19.1. The minimum absolute atomic E-state index is 0.0286. The summed E-state index contributed by atoms with van der Waals surface area (Å²) in [5, 5.41) is 2.88. The fourth-order valence-electron chi connectivity index (χ4n) is 1.35. The first-order valence-corrected chi connectivity index (χ1v) is 4.95. The molecule has 5 heteroatoms. The monoisotopic (exact) mass is 225 g/mol. The first kappa shape index (κ1) is 12.3. The van der Waals surface area contributed by atoms with E-state index < -0.39 is 11.9 Å². The van der Waals surface area contributed by atoms with Crippen LogP contribution in [0, 0.1) is 5.82 Å². The van der Waals surface area contributed by atoms with Gasteiger partial charge in [0, 0.05) is 14.1 Å². The molecule has 1 amide bonds. The van der Waals surface area contributed by atoms with Crippen molar-refractivity contribution in [3.63, 3.8) is 0 Å². The number of hydrogen-bond donors (Lipinski definition) is 2. The zero-order valence-corrected chi connectivity index (χ0v) is 9.62. The highest BCUT2D eigenvalue weighted by molar-refractivity contribution is 5.85. The Kier molecular flexibility index (Phi) is 3.71. The van der Waals surface area contributed by atoms with Gasteiger partial charge in [-0.2, -0.15) is 0 Å². The lowest BCUT2D eigenvalue weighted by Gasteiger charge is -2.19. The number of benzene rings is 1. The highest BCUT2D eigenvalue weighted by Crippen LogP contribution is 2.21. The summed E-state index contributed by atoms with van der Waals surface area (Å²) in [5.41, 5.74) is 6.01. The number of hydrogen-bond acceptors (Lipinski definition) is 3. The van der Waals surface area contributed by atoms with Gasteiger partial charge in [-0.1, -0.05) is 6.07 Å². The SMILES string of the molecule is CC(Nc1cccc(F)c1N)C(=O)N(C)C. The average molecular weight is 225 g/mol. The molecule has 0 radical (unpaired) electrons. The molecular weight excluding hydrogens is 209 g/mol. The molecule has 1 aromatic carbocycles. The van der Waals surface area contributed by atoms with E-state index in [1.807, 2.05) is 0 Å². The highest BCUT2D eigenvalue weighted by Gasteiger charge is 2.15. The Morgan fingerprint density at radius 2 is 2.12 bits per heavy atom. The van der Waals surface area contributed by atoms with Crippen molar-refractivity contribution < 1.29 is 9.18 Å². The second-order valence-electron chi connectivity index (χ2n) is 3.80. The Labute approximate surface area is 94.2 Å². The molecule has 3 N–H and O–H groups in total. The van der Waals surface area contributed by atoms with Crippen molar-refractivity contribution in [1.29, 1.82) is 0 Å². The van der Waals surface area contributed by atoms with Gasteiger partial charge in [0.15, 0.2) is 0 Å². The molecule has 0 spiro atoms. The van der Waals surface area contributed by atoms with Crippen LogP contribution < -0.4 is 11.1 Å². The van der Waals surface area contributed by atoms with Gasteiger partial charge >= 0.3 is 0 Å². The molecular formula is C11H16FN3O. The van der Waals surface area contributed by atoms with E-state index in [1.165, 1.54) is 11.0 Å². The summed E-state index contributed by atoms with van der Waals surface area (Å²) < 4.78 is 13.1. The predicted octanol–water partition coefficient (Wildman–Crippen LogP) is 1.30. The molecule has 1 rings (SSSR count). The van der Waals surface area contributed by atoms with Gasteiger partial charge in [0.05, 0.1) is 11.4 Å². The Morgan fingerprint density at radius 3 is 2.69 bits per heavy atom. The van der Waals surface area contributed by atoms with Gasteiger partial charge < -0.3 is 16.0 Å². The quantitative estimate of drug-likeness (QED) is 0.762. The number of rotatable bonds is 3. The van der Waals surface area contributed by atoms with Crippen LogP contribution in [0.5, 0.6) is 0 Å². The molecule has 0 fully saturated rings. The lowest BCUT2D eigenvalue weighted by atomic mass is 10.2. The molecule has 4 nitrogen and oxygen atoms in total. The summed E-state index contributed by atoms with van der Waals surface area (Å²) in [6, 6.07) is 4.01. The third kappa shape index (κ3) is 2.62. The summed E-state index contributed by atoms with van der Waals surface area (Å²) in [6.07, 6.45) is 0. The number of nitrogen functional groups attached to an aromatic ring is 1. The topological polar surface area (TPSA) is 58.4 Å². The number of carbonyl (C=O) groups is 1. The van der Waals surface area contributed by atoms with Gasteiger partial charge in [-0.3, -0.25) is 4.79 Å². The van der Waals surface area contributed by atoms with E-state index in [-0.39, 0.29) is 11.6 Å². The minimum atomic E-state index is -0.491. The van der Waals surface area contributed by atoms with Crippen molar-refractivity contribution in [2.24, 2.45) is 0 Å². The number of amides is 1. The van der Waals surface area contributed by atoms with Crippen LogP contribution in [0.4, 0.5) is 15.8 Å². The molecule has 0 aromatic heterocycles. The maximum Gasteiger partial charge on any atom is 0.244 e. The Balaban J connectivity index is 2.81. The standard InChI is InChI=1S/C11H16FN3O/c1-7(11(16)15(2)3)14-9-6-4-5-8(12)10(9)13/h4-7,14H,13H2,1-3H3. The van der Waals surface area contributed by atoms with E-state index in [0.29, 0.717) is 5.69 Å². The molecule has 88 valence electrons. The van der Waals surface area contributed by atoms with Gasteiger partial charge in [-0.25, -0.2) is 4.39 Å². The summed E-state index contributed by atoms with van der Waals surface area (Å²) in [7, 11) is 3.32. The lowest BCUT2D eigenvalue weighted by Crippen LogP contribution is -2.36. The first-order chi connectivity index (χ1) is 7.43. The van der Waals surface area contributed by atoms with E-state index in [1.54, 1.807) is 33.2 Å². The third-order valence-electron chi connectivity index (χ3n) is 2.24. The van der Waals surface area contributed by atoms with E-state index >= 15 is 0 Å². The molecule has 0 saturated carbocycles. The third-order valence-corrected chi connectivity index (χ3v) is 2.24. The molecule has 16 heavy (non-hydrogen) atoms. The van der Waals surface area contributed by atoms with E-state index in [2.05, 4.69) is 5.32 Å². The number of nitrogens with two attached hydrogens (primary N) is 1. The van der Waals surface area contributed by atoms with E-state index in [0.717, 1.165) is 0 Å². The summed E-state index contributed by atoms with van der Waals surface area (Å²) >= 11 is 0. The molecule has 1 unspecified atom stereocenters. The zero-order chi connectivity index (χ0) is 12.3. The molecule has 1 atom stereocenters. The second kappa shape index (κ2) is 4.83. The van der Waals surface area contributed by atoms with Gasteiger partial charge in [0.25, 0.3) is 0 Å². The van der Waals surface area contributed by atoms with Crippen molar-refractivity contribution in [3.05, 3.63) is 24.0 Å². The number of likely N-dealkylation sites (N-methyl/N-ethyl adjacent to an activating group) is 1. The number of nitrogens with zero attached hydrogens (tertiary/aromatic N) is 1. The number of carbonyl (C=O) groups excluding carboxylic acids is 1. The van der Waals surface area contributed by atoms with Gasteiger partial charge in [0.2, 0.25) is 5.91 Å². The maximum absolute atomic E-state index is 13.1. The van der Waals surface area contributed by atoms with Crippen LogP contribution in [-0.4, -0.2) is 30.9 Å². The van der Waals surface area contributed by atoms with Crippen LogP contribution in [0.3, 0.4) is 0 Å². The molecule has 0 bridgehead atoms. The summed E-state index contributed by atoms with van der Waals surface area (Å²) in [5.74, 6) is -0.585. The number of para-hydroxylation sites is 1. The summed E-state index contributed by atoms with van der Waals surface area (Å²) in [4.78, 5) is 13.0. The Morgan fingerprint density at radius 1 is 1.50 bits per heavy atom. The second-order valence-corrected chi connectivity index (χ2v) is 3.80. The van der Waals surface area contributed by atoms with E-state index in [4.69, 9.17) is 5.73 Å². The number of anilines is 2. The molecule has 0 heterocycles. The van der Waals surface area contributed by atoms with Crippen LogP contribution in [0.25, 0.3) is 0 Å². The first-order valence-electron chi connectivity index (χ1n) is 4.95. The molecule has 0 aliphatic carbocycles. The lowest BCUT2D eigenvalue weighted by molar-refractivity contribution is -0.129. The van der Waals surface area contributed by atoms with Crippen molar-refractivity contribution in [1.82, 2.24) is 4.90 Å². The zero-order valence-electron chi connectivity index (χ0n) is 9.62. The predicted molar refractivity (Wildman–Crippen MR) is 62.6 cm³/mol. The maximum atomic E-state index is 13.1. The number of nitrogens with one attached hydrogen (secondary N) is 1. The van der Waals surface area contributed by atoms with Crippen LogP contribution in [-0.2, 0) is 4.79 Å². The smallest absolute Gasteiger partial charge is 0.244 e. The fraction of sp³-hybridized carbons (Fsp3) is 0.364. The fourth-order valence-corrected chi connectivity index (χ4v) is 1.35. The molecule has 1 aromatic rings.